The van der Waals surface area contributed by atoms with Crippen LogP contribution in [0.4, 0.5) is 10.1 Å². The molecule has 0 bridgehead atoms. The van der Waals surface area contributed by atoms with Crippen molar-refractivity contribution in [3.63, 3.8) is 0 Å². The van der Waals surface area contributed by atoms with Gasteiger partial charge in [0.15, 0.2) is 12.4 Å². The molecule has 9 heteroatoms. The van der Waals surface area contributed by atoms with Crippen LogP contribution in [0.1, 0.15) is 32.7 Å². The summed E-state index contributed by atoms with van der Waals surface area (Å²) in [5, 5.41) is 3.76. The summed E-state index contributed by atoms with van der Waals surface area (Å²) >= 11 is 5.99. The third kappa shape index (κ3) is 6.02. The van der Waals surface area contributed by atoms with Gasteiger partial charge in [0.1, 0.15) is 5.82 Å². The fourth-order valence-corrected chi connectivity index (χ4v) is 4.04. The Morgan fingerprint density at radius 2 is 1.69 bits per heavy atom. The molecule has 36 heavy (non-hydrogen) atoms. The fourth-order valence-electron chi connectivity index (χ4n) is 3.83. The normalized spacial score (nSPS) is 15.3. The van der Waals surface area contributed by atoms with Crippen LogP contribution >= 0.6 is 11.6 Å². The molecule has 1 fully saturated rings. The van der Waals surface area contributed by atoms with Crippen molar-refractivity contribution in [2.24, 2.45) is 0 Å². The number of ketones is 1. The second-order valence-electron chi connectivity index (χ2n) is 8.21. The maximum absolute atomic E-state index is 13.0. The molecule has 2 amide bonds. The number of benzene rings is 3. The molecule has 1 atom stereocenters. The SMILES string of the molecule is O=C(COC(=O)c1ccc(N2C(=O)CC(NCCc3cccc(Cl)c3)C2=O)cc1)c1ccc(F)cc1. The molecule has 184 valence electrons. The molecule has 4 rings (SSSR count). The summed E-state index contributed by atoms with van der Waals surface area (Å²) in [5.74, 6) is -2.40. The highest BCUT2D eigenvalue weighted by Gasteiger charge is 2.39. The molecule has 0 aromatic heterocycles. The zero-order valence-electron chi connectivity index (χ0n) is 19.1. The molecular formula is C27H22ClFN2O5. The van der Waals surface area contributed by atoms with Gasteiger partial charge in [0.25, 0.3) is 5.91 Å². The Morgan fingerprint density at radius 1 is 1.00 bits per heavy atom. The number of hydrogen-bond donors (Lipinski definition) is 1. The number of nitrogens with zero attached hydrogens (tertiary/aromatic N) is 1. The van der Waals surface area contributed by atoms with Crippen molar-refractivity contribution in [3.8, 4) is 0 Å². The van der Waals surface area contributed by atoms with Gasteiger partial charge in [-0.1, -0.05) is 23.7 Å². The minimum atomic E-state index is -0.739. The van der Waals surface area contributed by atoms with Crippen molar-refractivity contribution >= 4 is 40.9 Å². The van der Waals surface area contributed by atoms with Gasteiger partial charge in [0.2, 0.25) is 5.91 Å². The van der Waals surface area contributed by atoms with Gasteiger partial charge in [-0.3, -0.25) is 14.4 Å². The second-order valence-corrected chi connectivity index (χ2v) is 8.65. The lowest BCUT2D eigenvalue weighted by Crippen LogP contribution is -2.39. The van der Waals surface area contributed by atoms with Crippen LogP contribution in [0, 0.1) is 5.82 Å². The number of carbonyl (C=O) groups is 4. The molecule has 3 aromatic carbocycles. The van der Waals surface area contributed by atoms with Gasteiger partial charge in [-0.25, -0.2) is 14.1 Å². The number of nitrogens with one attached hydrogen (secondary N) is 1. The number of rotatable bonds is 9. The van der Waals surface area contributed by atoms with Gasteiger partial charge in [-0.05, 0) is 79.2 Å². The molecule has 0 radical (unpaired) electrons. The third-order valence-electron chi connectivity index (χ3n) is 5.70. The largest absolute Gasteiger partial charge is 0.454 e. The summed E-state index contributed by atoms with van der Waals surface area (Å²) in [6.45, 7) is -0.00284. The van der Waals surface area contributed by atoms with E-state index in [4.69, 9.17) is 16.3 Å². The van der Waals surface area contributed by atoms with Crippen LogP contribution < -0.4 is 10.2 Å². The average Bonchev–Trinajstić information content (AvgIpc) is 3.15. The number of hydrogen-bond acceptors (Lipinski definition) is 6. The predicted molar refractivity (Wildman–Crippen MR) is 132 cm³/mol. The Hall–Kier alpha value is -3.88. The highest BCUT2D eigenvalue weighted by Crippen LogP contribution is 2.24. The van der Waals surface area contributed by atoms with Crippen LogP contribution in [-0.2, 0) is 20.7 Å². The van der Waals surface area contributed by atoms with Crippen molar-refractivity contribution in [1.82, 2.24) is 5.32 Å². The lowest BCUT2D eigenvalue weighted by molar-refractivity contribution is -0.121. The van der Waals surface area contributed by atoms with Crippen molar-refractivity contribution in [2.45, 2.75) is 18.9 Å². The predicted octanol–water partition coefficient (Wildman–Crippen LogP) is 3.98. The lowest BCUT2D eigenvalue weighted by Gasteiger charge is -2.16. The second kappa shape index (κ2) is 11.2. The summed E-state index contributed by atoms with van der Waals surface area (Å²) in [6.07, 6.45) is 0.683. The Balaban J connectivity index is 1.31. The topological polar surface area (TPSA) is 92.8 Å². The molecule has 7 nitrogen and oxygen atoms in total. The van der Waals surface area contributed by atoms with E-state index in [-0.39, 0.29) is 29.4 Å². The monoisotopic (exact) mass is 508 g/mol. The van der Waals surface area contributed by atoms with Crippen LogP contribution in [0.2, 0.25) is 5.02 Å². The van der Waals surface area contributed by atoms with E-state index in [1.807, 2.05) is 18.2 Å². The van der Waals surface area contributed by atoms with Gasteiger partial charge in [0, 0.05) is 10.6 Å². The van der Waals surface area contributed by atoms with E-state index < -0.39 is 30.2 Å². The zero-order chi connectivity index (χ0) is 25.7. The van der Waals surface area contributed by atoms with Gasteiger partial charge in [0.05, 0.1) is 23.7 Å². The summed E-state index contributed by atoms with van der Waals surface area (Å²) in [7, 11) is 0. The van der Waals surface area contributed by atoms with E-state index in [9.17, 15) is 23.6 Å². The number of halogens is 2. The van der Waals surface area contributed by atoms with Crippen molar-refractivity contribution in [1.29, 1.82) is 0 Å². The zero-order valence-corrected chi connectivity index (χ0v) is 19.8. The Bertz CT molecular complexity index is 1290. The summed E-state index contributed by atoms with van der Waals surface area (Å²) in [5.41, 5.74) is 1.73. The first-order chi connectivity index (χ1) is 17.3. The first-order valence-corrected chi connectivity index (χ1v) is 11.6. The van der Waals surface area contributed by atoms with E-state index in [0.29, 0.717) is 23.7 Å². The first kappa shape index (κ1) is 25.2. The van der Waals surface area contributed by atoms with Gasteiger partial charge < -0.3 is 10.1 Å². The standard InChI is InChI=1S/C27H22ClFN2O5/c28-20-3-1-2-17(14-20)12-13-30-23-15-25(33)31(26(23)34)22-10-6-19(7-11-22)27(35)36-16-24(32)18-4-8-21(29)9-5-18/h1-11,14,23,30H,12-13,15-16H2. The maximum atomic E-state index is 13.0. The van der Waals surface area contributed by atoms with Crippen LogP contribution in [0.5, 0.6) is 0 Å². The quantitative estimate of drug-likeness (QED) is 0.267. The summed E-state index contributed by atoms with van der Waals surface area (Å²) in [4.78, 5) is 50.8. The first-order valence-electron chi connectivity index (χ1n) is 11.2. The molecular weight excluding hydrogens is 487 g/mol. The van der Waals surface area contributed by atoms with Gasteiger partial charge in [-0.15, -0.1) is 0 Å². The third-order valence-corrected chi connectivity index (χ3v) is 5.94. The summed E-state index contributed by atoms with van der Waals surface area (Å²) < 4.78 is 18.0. The molecule has 1 unspecified atom stereocenters. The average molecular weight is 509 g/mol. The van der Waals surface area contributed by atoms with Crippen LogP contribution in [-0.4, -0.2) is 42.8 Å². The minimum absolute atomic E-state index is 0.0314. The Morgan fingerprint density at radius 3 is 2.39 bits per heavy atom. The smallest absolute Gasteiger partial charge is 0.338 e. The van der Waals surface area contributed by atoms with Crippen molar-refractivity contribution < 1.29 is 28.3 Å². The number of Topliss-reactive ketones (excluding diaryl/α,β-unsaturated/α-hetero) is 1. The molecule has 1 aliphatic rings. The number of amides is 2. The molecule has 0 aliphatic carbocycles. The van der Waals surface area contributed by atoms with E-state index in [1.165, 1.54) is 36.4 Å². The number of esters is 1. The number of carbonyl (C=O) groups excluding carboxylic acids is 4. The number of anilines is 1. The molecule has 0 spiro atoms. The highest BCUT2D eigenvalue weighted by atomic mass is 35.5. The van der Waals surface area contributed by atoms with Gasteiger partial charge >= 0.3 is 5.97 Å². The van der Waals surface area contributed by atoms with Crippen LogP contribution in [0.3, 0.4) is 0 Å². The lowest BCUT2D eigenvalue weighted by atomic mass is 10.1. The maximum Gasteiger partial charge on any atom is 0.338 e. The summed E-state index contributed by atoms with van der Waals surface area (Å²) in [6, 6.07) is 17.5. The molecule has 3 aromatic rings. The highest BCUT2D eigenvalue weighted by molar-refractivity contribution is 6.30. The Labute approximate surface area is 211 Å². The van der Waals surface area contributed by atoms with E-state index in [0.717, 1.165) is 22.6 Å². The molecule has 1 saturated heterocycles. The molecule has 1 heterocycles. The minimum Gasteiger partial charge on any atom is -0.454 e. The van der Waals surface area contributed by atoms with E-state index in [1.54, 1.807) is 6.07 Å². The number of imide groups is 1. The molecule has 1 N–H and O–H groups in total. The van der Waals surface area contributed by atoms with E-state index >= 15 is 0 Å². The van der Waals surface area contributed by atoms with E-state index in [2.05, 4.69) is 5.32 Å². The Kier molecular flexibility index (Phi) is 7.87. The fraction of sp³-hybridized carbons (Fsp3) is 0.185. The van der Waals surface area contributed by atoms with Gasteiger partial charge in [-0.2, -0.15) is 0 Å². The molecule has 1 aliphatic heterocycles. The van der Waals surface area contributed by atoms with Crippen molar-refractivity contribution in [2.75, 3.05) is 18.1 Å². The van der Waals surface area contributed by atoms with Crippen LogP contribution in [0.15, 0.2) is 72.8 Å². The van der Waals surface area contributed by atoms with Crippen LogP contribution in [0.25, 0.3) is 0 Å². The van der Waals surface area contributed by atoms with Crippen molar-refractivity contribution in [3.05, 3.63) is 100 Å². The molecule has 0 saturated carbocycles. The number of ether oxygens (including phenoxy) is 1.